The molecule has 2 aromatic carbocycles. The van der Waals surface area contributed by atoms with Crippen LogP contribution in [0.5, 0.6) is 11.5 Å². The van der Waals surface area contributed by atoms with Gasteiger partial charge in [-0.15, -0.1) is 0 Å². The lowest BCUT2D eigenvalue weighted by atomic mass is 9.86. The molecule has 1 saturated carbocycles. The maximum Gasteiger partial charge on any atom is 0.240 e. The van der Waals surface area contributed by atoms with E-state index in [0.29, 0.717) is 18.3 Å². The second kappa shape index (κ2) is 10.8. The standard InChI is InChI=1S/C25H31N3O3S/c1-18-9-3-4-10-19(18)26-24(29)17-28-21-12-6-5-11-20(21)27-25(28)32-16-15-31-23-14-8-7-13-22(23)30-2/h5-8,11-14,18-19H,3-4,9-10,15-17H2,1-2H3,(H,26,29)/t18-,19+/m0/s1. The minimum absolute atomic E-state index is 0.0547. The van der Waals surface area contributed by atoms with Gasteiger partial charge in [0.2, 0.25) is 5.91 Å². The van der Waals surface area contributed by atoms with Crippen molar-refractivity contribution in [3.05, 3.63) is 48.5 Å². The zero-order valence-electron chi connectivity index (χ0n) is 18.8. The second-order valence-electron chi connectivity index (χ2n) is 8.25. The predicted octanol–water partition coefficient (Wildman–Crippen LogP) is 4.91. The smallest absolute Gasteiger partial charge is 0.240 e. The molecule has 0 unspecified atom stereocenters. The van der Waals surface area contributed by atoms with Gasteiger partial charge in [0.15, 0.2) is 16.7 Å². The summed E-state index contributed by atoms with van der Waals surface area (Å²) in [6.07, 6.45) is 4.71. The molecule has 1 aliphatic carbocycles. The topological polar surface area (TPSA) is 65.4 Å². The van der Waals surface area contributed by atoms with E-state index < -0.39 is 0 Å². The summed E-state index contributed by atoms with van der Waals surface area (Å²) in [5.74, 6) is 2.75. The number of methoxy groups -OCH3 is 1. The van der Waals surface area contributed by atoms with Gasteiger partial charge < -0.3 is 19.4 Å². The van der Waals surface area contributed by atoms with E-state index in [9.17, 15) is 4.79 Å². The van der Waals surface area contributed by atoms with Crippen molar-refractivity contribution in [1.82, 2.24) is 14.9 Å². The van der Waals surface area contributed by atoms with Gasteiger partial charge in [-0.25, -0.2) is 4.98 Å². The Morgan fingerprint density at radius 3 is 2.69 bits per heavy atom. The van der Waals surface area contributed by atoms with Crippen LogP contribution in [0.3, 0.4) is 0 Å². The number of carbonyl (C=O) groups is 1. The molecular formula is C25H31N3O3S. The Morgan fingerprint density at radius 2 is 1.88 bits per heavy atom. The molecule has 7 heteroatoms. The number of rotatable bonds is 9. The van der Waals surface area contributed by atoms with Crippen molar-refractivity contribution in [1.29, 1.82) is 0 Å². The Balaban J connectivity index is 1.41. The molecule has 1 aromatic heterocycles. The molecule has 1 amide bonds. The van der Waals surface area contributed by atoms with Crippen molar-refractivity contribution in [2.24, 2.45) is 5.92 Å². The number of nitrogens with one attached hydrogen (secondary N) is 1. The van der Waals surface area contributed by atoms with E-state index in [1.54, 1.807) is 18.9 Å². The van der Waals surface area contributed by atoms with Gasteiger partial charge in [0, 0.05) is 11.8 Å². The number of ether oxygens (including phenoxy) is 2. The molecule has 0 bridgehead atoms. The van der Waals surface area contributed by atoms with Gasteiger partial charge >= 0.3 is 0 Å². The minimum Gasteiger partial charge on any atom is -0.493 e. The van der Waals surface area contributed by atoms with E-state index in [1.165, 1.54) is 19.3 Å². The third-order valence-corrected chi connectivity index (χ3v) is 6.96. The summed E-state index contributed by atoms with van der Waals surface area (Å²) in [5.41, 5.74) is 1.88. The summed E-state index contributed by atoms with van der Waals surface area (Å²) >= 11 is 1.60. The van der Waals surface area contributed by atoms with Crippen LogP contribution < -0.4 is 14.8 Å². The summed E-state index contributed by atoms with van der Waals surface area (Å²) in [7, 11) is 1.64. The van der Waals surface area contributed by atoms with Crippen LogP contribution in [0.15, 0.2) is 53.7 Å². The monoisotopic (exact) mass is 453 g/mol. The number of amides is 1. The Hall–Kier alpha value is -2.67. The zero-order chi connectivity index (χ0) is 22.3. The van der Waals surface area contributed by atoms with E-state index in [1.807, 2.05) is 53.1 Å². The quantitative estimate of drug-likeness (QED) is 0.368. The molecule has 1 N–H and O–H groups in total. The highest BCUT2D eigenvalue weighted by Gasteiger charge is 2.23. The number of hydrogen-bond acceptors (Lipinski definition) is 5. The van der Waals surface area contributed by atoms with Gasteiger partial charge in [0.25, 0.3) is 0 Å². The number of thioether (sulfide) groups is 1. The van der Waals surface area contributed by atoms with Crippen molar-refractivity contribution in [2.45, 2.75) is 50.4 Å². The van der Waals surface area contributed by atoms with Crippen LogP contribution in [0.25, 0.3) is 11.0 Å². The molecule has 4 rings (SSSR count). The number of benzene rings is 2. The molecule has 1 fully saturated rings. The summed E-state index contributed by atoms with van der Waals surface area (Å²) in [4.78, 5) is 17.7. The van der Waals surface area contributed by atoms with E-state index in [0.717, 1.165) is 34.1 Å². The highest BCUT2D eigenvalue weighted by atomic mass is 32.2. The SMILES string of the molecule is COc1ccccc1OCCSc1nc2ccccc2n1CC(=O)N[C@@H]1CCCC[C@@H]1C. The normalized spacial score (nSPS) is 18.4. The van der Waals surface area contributed by atoms with Crippen molar-refractivity contribution in [3.63, 3.8) is 0 Å². The van der Waals surface area contributed by atoms with Gasteiger partial charge in [-0.05, 0) is 43.0 Å². The second-order valence-corrected chi connectivity index (χ2v) is 9.31. The summed E-state index contributed by atoms with van der Waals surface area (Å²) in [5, 5.41) is 4.10. The average molecular weight is 454 g/mol. The fourth-order valence-corrected chi connectivity index (χ4v) is 5.10. The van der Waals surface area contributed by atoms with E-state index in [4.69, 9.17) is 14.5 Å². The molecule has 1 heterocycles. The molecule has 0 aliphatic heterocycles. The fraction of sp³-hybridized carbons (Fsp3) is 0.440. The van der Waals surface area contributed by atoms with Gasteiger partial charge in [0.1, 0.15) is 6.54 Å². The highest BCUT2D eigenvalue weighted by Crippen LogP contribution is 2.28. The number of carbonyl (C=O) groups excluding carboxylic acids is 1. The van der Waals surface area contributed by atoms with Gasteiger partial charge in [-0.3, -0.25) is 4.79 Å². The minimum atomic E-state index is 0.0547. The molecule has 6 nitrogen and oxygen atoms in total. The van der Waals surface area contributed by atoms with Crippen LogP contribution in [-0.4, -0.2) is 41.0 Å². The van der Waals surface area contributed by atoms with Crippen LogP contribution >= 0.6 is 11.8 Å². The van der Waals surface area contributed by atoms with Crippen LogP contribution in [0, 0.1) is 5.92 Å². The predicted molar refractivity (Wildman–Crippen MR) is 129 cm³/mol. The van der Waals surface area contributed by atoms with Crippen LogP contribution in [0.4, 0.5) is 0 Å². The van der Waals surface area contributed by atoms with Crippen molar-refractivity contribution >= 4 is 28.7 Å². The first-order chi connectivity index (χ1) is 15.7. The number of imidazole rings is 1. The molecule has 32 heavy (non-hydrogen) atoms. The maximum atomic E-state index is 12.9. The van der Waals surface area contributed by atoms with Crippen LogP contribution in [0.1, 0.15) is 32.6 Å². The van der Waals surface area contributed by atoms with Crippen molar-refractivity contribution < 1.29 is 14.3 Å². The lowest BCUT2D eigenvalue weighted by molar-refractivity contribution is -0.123. The third-order valence-electron chi connectivity index (χ3n) is 6.02. The Labute approximate surface area is 193 Å². The van der Waals surface area contributed by atoms with E-state index in [-0.39, 0.29) is 18.5 Å². The van der Waals surface area contributed by atoms with Gasteiger partial charge in [-0.1, -0.05) is 55.8 Å². The zero-order valence-corrected chi connectivity index (χ0v) is 19.6. The summed E-state index contributed by atoms with van der Waals surface area (Å²) in [6, 6.07) is 15.9. The first-order valence-corrected chi connectivity index (χ1v) is 12.3. The van der Waals surface area contributed by atoms with Crippen LogP contribution in [-0.2, 0) is 11.3 Å². The molecule has 2 atom stereocenters. The third kappa shape index (κ3) is 5.38. The van der Waals surface area contributed by atoms with E-state index >= 15 is 0 Å². The summed E-state index contributed by atoms with van der Waals surface area (Å²) in [6.45, 7) is 3.03. The molecule has 0 radical (unpaired) electrons. The van der Waals surface area contributed by atoms with Crippen molar-refractivity contribution in [2.75, 3.05) is 19.5 Å². The molecule has 1 aliphatic rings. The first kappa shape index (κ1) is 22.5. The fourth-order valence-electron chi connectivity index (χ4n) is 4.27. The number of nitrogens with zero attached hydrogens (tertiary/aromatic N) is 2. The van der Waals surface area contributed by atoms with E-state index in [2.05, 4.69) is 12.2 Å². The first-order valence-electron chi connectivity index (χ1n) is 11.3. The number of aromatic nitrogens is 2. The molecular weight excluding hydrogens is 422 g/mol. The average Bonchev–Trinajstić information content (AvgIpc) is 3.15. The van der Waals surface area contributed by atoms with Crippen LogP contribution in [0.2, 0.25) is 0 Å². The number of hydrogen-bond donors (Lipinski definition) is 1. The number of fused-ring (bicyclic) bond motifs is 1. The van der Waals surface area contributed by atoms with Gasteiger partial charge in [0.05, 0.1) is 24.8 Å². The number of para-hydroxylation sites is 4. The lowest BCUT2D eigenvalue weighted by Crippen LogP contribution is -2.42. The molecule has 3 aromatic rings. The highest BCUT2D eigenvalue weighted by molar-refractivity contribution is 7.99. The van der Waals surface area contributed by atoms with Crippen molar-refractivity contribution in [3.8, 4) is 11.5 Å². The largest absolute Gasteiger partial charge is 0.493 e. The Kier molecular flexibility index (Phi) is 7.58. The van der Waals surface area contributed by atoms with Gasteiger partial charge in [-0.2, -0.15) is 0 Å². The summed E-state index contributed by atoms with van der Waals surface area (Å²) < 4.78 is 13.3. The Bertz CT molecular complexity index is 1050. The molecule has 0 saturated heterocycles. The lowest BCUT2D eigenvalue weighted by Gasteiger charge is -2.29. The maximum absolute atomic E-state index is 12.9. The molecule has 170 valence electrons. The molecule has 0 spiro atoms. The Morgan fingerprint density at radius 1 is 1.12 bits per heavy atom.